The third-order valence-corrected chi connectivity index (χ3v) is 4.90. The van der Waals surface area contributed by atoms with E-state index in [2.05, 4.69) is 52.8 Å². The van der Waals surface area contributed by atoms with E-state index in [9.17, 15) is 0 Å². The van der Waals surface area contributed by atoms with E-state index in [1.807, 2.05) is 18.2 Å². The molecule has 0 radical (unpaired) electrons. The number of hydrogen-bond acceptors (Lipinski definition) is 4. The number of ether oxygens (including phenoxy) is 2. The van der Waals surface area contributed by atoms with Crippen LogP contribution in [-0.4, -0.2) is 45.9 Å². The molecule has 1 unspecified atom stereocenters. The first-order valence-electron chi connectivity index (χ1n) is 9.79. The largest absolute Gasteiger partial charge is 0.497 e. The molecule has 1 saturated heterocycles. The Balaban J connectivity index is 1.64. The SMILES string of the molecule is CCNC(=NCc1ccc(OC)cc1OC)NC1CCN(c2ccccc2)C1. The van der Waals surface area contributed by atoms with E-state index in [1.165, 1.54) is 5.69 Å². The molecule has 0 spiro atoms. The maximum Gasteiger partial charge on any atom is 0.191 e. The Bertz CT molecular complexity index is 779. The van der Waals surface area contributed by atoms with Gasteiger partial charge in [-0.2, -0.15) is 0 Å². The van der Waals surface area contributed by atoms with Crippen molar-refractivity contribution < 1.29 is 9.47 Å². The summed E-state index contributed by atoms with van der Waals surface area (Å²) >= 11 is 0. The van der Waals surface area contributed by atoms with E-state index in [-0.39, 0.29) is 0 Å². The van der Waals surface area contributed by atoms with Gasteiger partial charge >= 0.3 is 0 Å². The van der Waals surface area contributed by atoms with Crippen molar-refractivity contribution >= 4 is 11.6 Å². The summed E-state index contributed by atoms with van der Waals surface area (Å²) in [5.74, 6) is 2.40. The molecule has 1 aliphatic heterocycles. The monoisotopic (exact) mass is 382 g/mol. The molecule has 0 amide bonds. The van der Waals surface area contributed by atoms with Gasteiger partial charge in [-0.25, -0.2) is 4.99 Å². The summed E-state index contributed by atoms with van der Waals surface area (Å²) in [6, 6.07) is 16.7. The fraction of sp³-hybridized carbons (Fsp3) is 0.409. The zero-order valence-corrected chi connectivity index (χ0v) is 16.9. The number of benzene rings is 2. The zero-order chi connectivity index (χ0) is 19.8. The van der Waals surface area contributed by atoms with Gasteiger partial charge in [-0.1, -0.05) is 18.2 Å². The summed E-state index contributed by atoms with van der Waals surface area (Å²) < 4.78 is 10.7. The molecule has 28 heavy (non-hydrogen) atoms. The molecule has 6 heteroatoms. The molecular formula is C22H30N4O2. The van der Waals surface area contributed by atoms with E-state index in [4.69, 9.17) is 14.5 Å². The third-order valence-electron chi connectivity index (χ3n) is 4.90. The van der Waals surface area contributed by atoms with Crippen molar-refractivity contribution in [2.45, 2.75) is 25.9 Å². The van der Waals surface area contributed by atoms with Gasteiger partial charge in [-0.05, 0) is 37.6 Å². The van der Waals surface area contributed by atoms with Gasteiger partial charge in [0.1, 0.15) is 11.5 Å². The number of aliphatic imine (C=N–C) groups is 1. The van der Waals surface area contributed by atoms with Crippen molar-refractivity contribution in [1.29, 1.82) is 0 Å². The van der Waals surface area contributed by atoms with E-state index >= 15 is 0 Å². The molecule has 6 nitrogen and oxygen atoms in total. The summed E-state index contributed by atoms with van der Waals surface area (Å²) in [5.41, 5.74) is 2.30. The fourth-order valence-corrected chi connectivity index (χ4v) is 3.41. The Morgan fingerprint density at radius 3 is 2.68 bits per heavy atom. The van der Waals surface area contributed by atoms with Crippen LogP contribution in [0.2, 0.25) is 0 Å². The lowest BCUT2D eigenvalue weighted by Gasteiger charge is -2.20. The van der Waals surface area contributed by atoms with Crippen LogP contribution < -0.4 is 25.0 Å². The minimum Gasteiger partial charge on any atom is -0.497 e. The molecule has 1 heterocycles. The lowest BCUT2D eigenvalue weighted by Crippen LogP contribution is -2.44. The molecule has 2 aromatic carbocycles. The Hall–Kier alpha value is -2.89. The average molecular weight is 383 g/mol. The van der Waals surface area contributed by atoms with Gasteiger partial charge in [0.25, 0.3) is 0 Å². The van der Waals surface area contributed by atoms with E-state index in [0.29, 0.717) is 12.6 Å². The van der Waals surface area contributed by atoms with Crippen LogP contribution in [0.15, 0.2) is 53.5 Å². The zero-order valence-electron chi connectivity index (χ0n) is 16.9. The first kappa shape index (κ1) is 19.9. The molecule has 3 rings (SSSR count). The minimum absolute atomic E-state index is 0.371. The first-order valence-corrected chi connectivity index (χ1v) is 9.79. The number of guanidine groups is 1. The highest BCUT2D eigenvalue weighted by molar-refractivity contribution is 5.80. The molecule has 1 aliphatic rings. The van der Waals surface area contributed by atoms with E-state index < -0.39 is 0 Å². The highest BCUT2D eigenvalue weighted by atomic mass is 16.5. The van der Waals surface area contributed by atoms with Gasteiger partial charge < -0.3 is 25.0 Å². The minimum atomic E-state index is 0.371. The predicted octanol–water partition coefficient (Wildman–Crippen LogP) is 3.04. The highest BCUT2D eigenvalue weighted by Gasteiger charge is 2.23. The number of anilines is 1. The van der Waals surface area contributed by atoms with Gasteiger partial charge in [0.15, 0.2) is 5.96 Å². The van der Waals surface area contributed by atoms with Crippen LogP contribution in [0, 0.1) is 0 Å². The molecule has 1 atom stereocenters. The molecule has 150 valence electrons. The predicted molar refractivity (Wildman–Crippen MR) is 115 cm³/mol. The van der Waals surface area contributed by atoms with Crippen molar-refractivity contribution in [3.8, 4) is 11.5 Å². The summed E-state index contributed by atoms with van der Waals surface area (Å²) in [6.07, 6.45) is 1.09. The molecule has 0 bridgehead atoms. The Kier molecular flexibility index (Phi) is 7.00. The van der Waals surface area contributed by atoms with Crippen LogP contribution in [0.5, 0.6) is 11.5 Å². The lowest BCUT2D eigenvalue weighted by atomic mass is 10.2. The molecule has 0 aromatic heterocycles. The van der Waals surface area contributed by atoms with Crippen LogP contribution in [0.25, 0.3) is 0 Å². The second-order valence-corrected chi connectivity index (χ2v) is 6.78. The number of para-hydroxylation sites is 1. The quantitative estimate of drug-likeness (QED) is 0.569. The number of hydrogen-bond donors (Lipinski definition) is 2. The van der Waals surface area contributed by atoms with Crippen LogP contribution >= 0.6 is 0 Å². The number of methoxy groups -OCH3 is 2. The first-order chi connectivity index (χ1) is 13.7. The Labute approximate surface area is 167 Å². The topological polar surface area (TPSA) is 58.1 Å². The van der Waals surface area contributed by atoms with Gasteiger partial charge in [0.2, 0.25) is 0 Å². The highest BCUT2D eigenvalue weighted by Crippen LogP contribution is 2.25. The molecule has 2 N–H and O–H groups in total. The fourth-order valence-electron chi connectivity index (χ4n) is 3.41. The standard InChI is InChI=1S/C22H30N4O2/c1-4-23-22(24-15-17-10-11-20(27-2)14-21(17)28-3)25-18-12-13-26(16-18)19-8-6-5-7-9-19/h5-11,14,18H,4,12-13,15-16H2,1-3H3,(H2,23,24,25). The number of rotatable bonds is 7. The van der Waals surface area contributed by atoms with Crippen LogP contribution in [0.3, 0.4) is 0 Å². The molecule has 0 aliphatic carbocycles. The summed E-state index contributed by atoms with van der Waals surface area (Å²) in [5, 5.41) is 6.93. The molecule has 0 saturated carbocycles. The summed E-state index contributed by atoms with van der Waals surface area (Å²) in [4.78, 5) is 7.17. The van der Waals surface area contributed by atoms with Crippen LogP contribution in [0.4, 0.5) is 5.69 Å². The average Bonchev–Trinajstić information content (AvgIpc) is 3.21. The summed E-state index contributed by atoms with van der Waals surface area (Å²) in [7, 11) is 3.32. The van der Waals surface area contributed by atoms with Crippen LogP contribution in [-0.2, 0) is 6.54 Å². The van der Waals surface area contributed by atoms with Crippen molar-refractivity contribution in [1.82, 2.24) is 10.6 Å². The van der Waals surface area contributed by atoms with E-state index in [1.54, 1.807) is 14.2 Å². The lowest BCUT2D eigenvalue weighted by molar-refractivity contribution is 0.391. The van der Waals surface area contributed by atoms with Gasteiger partial charge in [-0.15, -0.1) is 0 Å². The van der Waals surface area contributed by atoms with Gasteiger partial charge in [0, 0.05) is 43.0 Å². The van der Waals surface area contributed by atoms with Crippen molar-refractivity contribution in [2.24, 2.45) is 4.99 Å². The molecular weight excluding hydrogens is 352 g/mol. The Morgan fingerprint density at radius 2 is 1.96 bits per heavy atom. The summed E-state index contributed by atoms with van der Waals surface area (Å²) in [6.45, 7) is 5.46. The van der Waals surface area contributed by atoms with Crippen molar-refractivity contribution in [2.75, 3.05) is 38.8 Å². The van der Waals surface area contributed by atoms with E-state index in [0.717, 1.165) is 49.1 Å². The smallest absolute Gasteiger partial charge is 0.191 e. The van der Waals surface area contributed by atoms with Crippen molar-refractivity contribution in [3.05, 3.63) is 54.1 Å². The normalized spacial score (nSPS) is 16.8. The van der Waals surface area contributed by atoms with Crippen LogP contribution in [0.1, 0.15) is 18.9 Å². The maximum atomic E-state index is 5.48. The van der Waals surface area contributed by atoms with Gasteiger partial charge in [-0.3, -0.25) is 0 Å². The maximum absolute atomic E-state index is 5.48. The third kappa shape index (κ3) is 5.09. The second-order valence-electron chi connectivity index (χ2n) is 6.78. The Morgan fingerprint density at radius 1 is 1.14 bits per heavy atom. The number of nitrogens with one attached hydrogen (secondary N) is 2. The molecule has 1 fully saturated rings. The van der Waals surface area contributed by atoms with Gasteiger partial charge in [0.05, 0.1) is 20.8 Å². The second kappa shape index (κ2) is 9.88. The molecule has 2 aromatic rings. The number of nitrogens with zero attached hydrogens (tertiary/aromatic N) is 2. The van der Waals surface area contributed by atoms with Crippen molar-refractivity contribution in [3.63, 3.8) is 0 Å².